The SMILES string of the molecule is CCOC1CCCN(CC(=O)c2ccccc2C)C1. The Morgan fingerprint density at radius 2 is 2.21 bits per heavy atom. The molecule has 0 bridgehead atoms. The summed E-state index contributed by atoms with van der Waals surface area (Å²) in [6, 6.07) is 7.81. The van der Waals surface area contributed by atoms with Gasteiger partial charge in [-0.05, 0) is 38.8 Å². The standard InChI is InChI=1S/C16H23NO2/c1-3-19-14-8-6-10-17(11-14)12-16(18)15-9-5-4-7-13(15)2/h4-5,7,9,14H,3,6,8,10-12H2,1-2H3. The topological polar surface area (TPSA) is 29.5 Å². The number of nitrogens with zero attached hydrogens (tertiary/aromatic N) is 1. The molecule has 2 rings (SSSR count). The predicted octanol–water partition coefficient (Wildman–Crippen LogP) is 2.68. The lowest BCUT2D eigenvalue weighted by molar-refractivity contribution is 0.00718. The Bertz CT molecular complexity index is 429. The van der Waals surface area contributed by atoms with Gasteiger partial charge in [-0.1, -0.05) is 24.3 Å². The molecule has 1 saturated heterocycles. The smallest absolute Gasteiger partial charge is 0.177 e. The van der Waals surface area contributed by atoms with E-state index < -0.39 is 0 Å². The molecule has 1 aliphatic heterocycles. The summed E-state index contributed by atoms with van der Waals surface area (Å²) < 4.78 is 5.67. The predicted molar refractivity (Wildman–Crippen MR) is 76.6 cm³/mol. The summed E-state index contributed by atoms with van der Waals surface area (Å²) >= 11 is 0. The maximum absolute atomic E-state index is 12.3. The summed E-state index contributed by atoms with van der Waals surface area (Å²) in [5.74, 6) is 0.218. The zero-order valence-corrected chi connectivity index (χ0v) is 11.9. The number of ether oxygens (including phenoxy) is 1. The lowest BCUT2D eigenvalue weighted by atomic mass is 10.0. The molecular formula is C16H23NO2. The molecule has 0 spiro atoms. The highest BCUT2D eigenvalue weighted by Gasteiger charge is 2.22. The Hall–Kier alpha value is -1.19. The lowest BCUT2D eigenvalue weighted by Gasteiger charge is -2.32. The number of carbonyl (C=O) groups excluding carboxylic acids is 1. The van der Waals surface area contributed by atoms with Gasteiger partial charge in [-0.2, -0.15) is 0 Å². The molecule has 1 aliphatic rings. The van der Waals surface area contributed by atoms with Crippen LogP contribution in [0.2, 0.25) is 0 Å². The summed E-state index contributed by atoms with van der Waals surface area (Å²) in [5.41, 5.74) is 1.91. The van der Waals surface area contributed by atoms with Crippen LogP contribution in [0.3, 0.4) is 0 Å². The number of aryl methyl sites for hydroxylation is 1. The van der Waals surface area contributed by atoms with Gasteiger partial charge in [-0.3, -0.25) is 9.69 Å². The number of benzene rings is 1. The van der Waals surface area contributed by atoms with Crippen molar-refractivity contribution in [1.82, 2.24) is 4.90 Å². The van der Waals surface area contributed by atoms with Gasteiger partial charge in [0.15, 0.2) is 5.78 Å². The molecule has 1 aromatic carbocycles. The molecule has 0 radical (unpaired) electrons. The van der Waals surface area contributed by atoms with E-state index in [9.17, 15) is 4.79 Å². The first kappa shape index (κ1) is 14.2. The van der Waals surface area contributed by atoms with E-state index in [1.807, 2.05) is 38.1 Å². The largest absolute Gasteiger partial charge is 0.377 e. The van der Waals surface area contributed by atoms with Gasteiger partial charge in [0.2, 0.25) is 0 Å². The van der Waals surface area contributed by atoms with Crippen LogP contribution in [0.1, 0.15) is 35.7 Å². The highest BCUT2D eigenvalue weighted by atomic mass is 16.5. The fourth-order valence-corrected chi connectivity index (χ4v) is 2.70. The second-order valence-corrected chi connectivity index (χ2v) is 5.19. The van der Waals surface area contributed by atoms with Gasteiger partial charge in [0.1, 0.15) is 0 Å². The summed E-state index contributed by atoms with van der Waals surface area (Å²) in [7, 11) is 0. The van der Waals surface area contributed by atoms with Crippen LogP contribution in [0.25, 0.3) is 0 Å². The number of hydrogen-bond donors (Lipinski definition) is 0. The van der Waals surface area contributed by atoms with Crippen LogP contribution in [0, 0.1) is 6.92 Å². The van der Waals surface area contributed by atoms with Crippen LogP contribution in [0.4, 0.5) is 0 Å². The highest BCUT2D eigenvalue weighted by molar-refractivity contribution is 5.98. The molecule has 0 saturated carbocycles. The zero-order valence-electron chi connectivity index (χ0n) is 11.9. The summed E-state index contributed by atoms with van der Waals surface area (Å²) in [6.07, 6.45) is 2.53. The van der Waals surface area contributed by atoms with Crippen LogP contribution >= 0.6 is 0 Å². The molecule has 19 heavy (non-hydrogen) atoms. The van der Waals surface area contributed by atoms with Crippen LogP contribution in [-0.2, 0) is 4.74 Å². The second kappa shape index (κ2) is 6.83. The van der Waals surface area contributed by atoms with Crippen molar-refractivity contribution >= 4 is 5.78 Å². The number of piperidine rings is 1. The van der Waals surface area contributed by atoms with E-state index in [2.05, 4.69) is 4.90 Å². The number of Topliss-reactive ketones (excluding diaryl/α,β-unsaturated/α-hetero) is 1. The number of rotatable bonds is 5. The van der Waals surface area contributed by atoms with Crippen molar-refractivity contribution in [1.29, 1.82) is 0 Å². The van der Waals surface area contributed by atoms with Gasteiger partial charge in [0.25, 0.3) is 0 Å². The normalized spacial score (nSPS) is 20.4. The van der Waals surface area contributed by atoms with Gasteiger partial charge in [0, 0.05) is 18.7 Å². The van der Waals surface area contributed by atoms with Crippen molar-refractivity contribution < 1.29 is 9.53 Å². The van der Waals surface area contributed by atoms with Gasteiger partial charge >= 0.3 is 0 Å². The van der Waals surface area contributed by atoms with E-state index in [1.54, 1.807) is 0 Å². The van der Waals surface area contributed by atoms with Crippen LogP contribution in [0.5, 0.6) is 0 Å². The monoisotopic (exact) mass is 261 g/mol. The van der Waals surface area contributed by atoms with E-state index in [4.69, 9.17) is 4.74 Å². The maximum atomic E-state index is 12.3. The minimum absolute atomic E-state index is 0.218. The third-order valence-corrected chi connectivity index (χ3v) is 3.68. The molecule has 1 fully saturated rings. The van der Waals surface area contributed by atoms with Crippen LogP contribution < -0.4 is 0 Å². The van der Waals surface area contributed by atoms with Crippen LogP contribution in [-0.4, -0.2) is 43.0 Å². The summed E-state index contributed by atoms with van der Waals surface area (Å²) in [6.45, 7) is 7.16. The first-order valence-electron chi connectivity index (χ1n) is 7.13. The van der Waals surface area contributed by atoms with Crippen molar-refractivity contribution in [3.05, 3.63) is 35.4 Å². The Kier molecular flexibility index (Phi) is 5.11. The molecule has 1 atom stereocenters. The molecule has 0 amide bonds. The third kappa shape index (κ3) is 3.88. The summed E-state index contributed by atoms with van der Waals surface area (Å²) in [5, 5.41) is 0. The Labute approximate surface area is 115 Å². The van der Waals surface area contributed by atoms with Crippen LogP contribution in [0.15, 0.2) is 24.3 Å². The van der Waals surface area contributed by atoms with Crippen molar-refractivity contribution in [3.63, 3.8) is 0 Å². The van der Waals surface area contributed by atoms with E-state index in [1.165, 1.54) is 0 Å². The number of hydrogen-bond acceptors (Lipinski definition) is 3. The minimum atomic E-state index is 0.218. The Morgan fingerprint density at radius 3 is 2.95 bits per heavy atom. The molecule has 0 N–H and O–H groups in total. The fourth-order valence-electron chi connectivity index (χ4n) is 2.70. The van der Waals surface area contributed by atoms with E-state index >= 15 is 0 Å². The van der Waals surface area contributed by atoms with Crippen molar-refractivity contribution in [2.75, 3.05) is 26.2 Å². The quantitative estimate of drug-likeness (QED) is 0.763. The molecule has 1 unspecified atom stereocenters. The fraction of sp³-hybridized carbons (Fsp3) is 0.562. The maximum Gasteiger partial charge on any atom is 0.177 e. The van der Waals surface area contributed by atoms with Gasteiger partial charge in [0.05, 0.1) is 12.6 Å². The van der Waals surface area contributed by atoms with Crippen molar-refractivity contribution in [3.8, 4) is 0 Å². The zero-order chi connectivity index (χ0) is 13.7. The molecule has 104 valence electrons. The molecule has 3 heteroatoms. The Balaban J connectivity index is 1.93. The number of ketones is 1. The van der Waals surface area contributed by atoms with E-state index in [0.717, 1.165) is 43.7 Å². The molecule has 0 aliphatic carbocycles. The Morgan fingerprint density at radius 1 is 1.42 bits per heavy atom. The number of likely N-dealkylation sites (tertiary alicyclic amines) is 1. The van der Waals surface area contributed by atoms with Crippen molar-refractivity contribution in [2.24, 2.45) is 0 Å². The molecule has 1 heterocycles. The number of carbonyl (C=O) groups is 1. The average Bonchev–Trinajstić information content (AvgIpc) is 2.40. The molecular weight excluding hydrogens is 238 g/mol. The highest BCUT2D eigenvalue weighted by Crippen LogP contribution is 2.15. The molecule has 0 aromatic heterocycles. The average molecular weight is 261 g/mol. The van der Waals surface area contributed by atoms with Gasteiger partial charge in [-0.15, -0.1) is 0 Å². The molecule has 3 nitrogen and oxygen atoms in total. The van der Waals surface area contributed by atoms with E-state index in [0.29, 0.717) is 12.6 Å². The first-order valence-corrected chi connectivity index (χ1v) is 7.13. The third-order valence-electron chi connectivity index (χ3n) is 3.68. The minimum Gasteiger partial charge on any atom is -0.377 e. The molecule has 1 aromatic rings. The van der Waals surface area contributed by atoms with Gasteiger partial charge in [-0.25, -0.2) is 0 Å². The van der Waals surface area contributed by atoms with Gasteiger partial charge < -0.3 is 4.74 Å². The van der Waals surface area contributed by atoms with E-state index in [-0.39, 0.29) is 5.78 Å². The lowest BCUT2D eigenvalue weighted by Crippen LogP contribution is -2.42. The second-order valence-electron chi connectivity index (χ2n) is 5.19. The summed E-state index contributed by atoms with van der Waals surface area (Å²) in [4.78, 5) is 14.5. The first-order chi connectivity index (χ1) is 9.20. The van der Waals surface area contributed by atoms with Crippen molar-refractivity contribution in [2.45, 2.75) is 32.8 Å².